The fourth-order valence-corrected chi connectivity index (χ4v) is 3.79. The number of carbonyl (C=O) groups is 2. The van der Waals surface area contributed by atoms with Gasteiger partial charge in [0.1, 0.15) is 5.75 Å². The highest BCUT2D eigenvalue weighted by Crippen LogP contribution is 2.35. The predicted octanol–water partition coefficient (Wildman–Crippen LogP) is 5.56. The van der Waals surface area contributed by atoms with E-state index in [-0.39, 0.29) is 24.4 Å². The Morgan fingerprint density at radius 2 is 1.83 bits per heavy atom. The number of ether oxygens (including phenoxy) is 2. The Morgan fingerprint density at radius 3 is 2.41 bits per heavy atom. The maximum absolute atomic E-state index is 13.3. The third-order valence-electron chi connectivity index (χ3n) is 4.59. The highest BCUT2D eigenvalue weighted by atomic mass is 79.9. The summed E-state index contributed by atoms with van der Waals surface area (Å²) in [4.78, 5) is 25.6. The first-order valence-electron chi connectivity index (χ1n) is 9.10. The molecular weight excluding hydrogens is 458 g/mol. The summed E-state index contributed by atoms with van der Waals surface area (Å²) in [5.41, 5.74) is 2.52. The lowest BCUT2D eigenvalue weighted by Gasteiger charge is -2.09. The second kappa shape index (κ2) is 8.59. The molecular formula is C22H21BrClNO4. The lowest BCUT2D eigenvalue weighted by molar-refractivity contribution is -0.146. The van der Waals surface area contributed by atoms with Gasteiger partial charge in [0.25, 0.3) is 5.91 Å². The number of halogens is 2. The fourth-order valence-electron chi connectivity index (χ4n) is 3.29. The molecule has 5 nitrogen and oxygen atoms in total. The molecule has 1 heterocycles. The van der Waals surface area contributed by atoms with E-state index in [1.807, 2.05) is 19.1 Å². The van der Waals surface area contributed by atoms with Crippen LogP contribution in [0.2, 0.25) is 5.02 Å². The van der Waals surface area contributed by atoms with Crippen LogP contribution in [-0.2, 0) is 16.0 Å². The Bertz CT molecular complexity index is 1090. The van der Waals surface area contributed by atoms with Crippen LogP contribution in [0.3, 0.4) is 0 Å². The number of nitrogens with zero attached hydrogens (tertiary/aromatic N) is 1. The van der Waals surface area contributed by atoms with Gasteiger partial charge in [0, 0.05) is 21.1 Å². The normalized spacial score (nSPS) is 11.1. The number of benzene rings is 2. The Kier molecular flexibility index (Phi) is 6.34. The minimum Gasteiger partial charge on any atom is -0.495 e. The van der Waals surface area contributed by atoms with Crippen molar-refractivity contribution < 1.29 is 19.1 Å². The molecule has 0 spiro atoms. The molecule has 7 heteroatoms. The summed E-state index contributed by atoms with van der Waals surface area (Å²) >= 11 is 9.72. The van der Waals surface area contributed by atoms with Crippen molar-refractivity contribution in [3.63, 3.8) is 0 Å². The van der Waals surface area contributed by atoms with Gasteiger partial charge in [-0.2, -0.15) is 0 Å². The average molecular weight is 479 g/mol. The average Bonchev–Trinajstić information content (AvgIpc) is 2.91. The zero-order valence-corrected chi connectivity index (χ0v) is 18.9. The molecule has 0 saturated heterocycles. The van der Waals surface area contributed by atoms with Crippen molar-refractivity contribution in [2.24, 2.45) is 0 Å². The lowest BCUT2D eigenvalue weighted by Crippen LogP contribution is -2.16. The van der Waals surface area contributed by atoms with E-state index in [4.69, 9.17) is 21.1 Å². The monoisotopic (exact) mass is 477 g/mol. The van der Waals surface area contributed by atoms with Gasteiger partial charge in [-0.3, -0.25) is 14.2 Å². The first-order valence-corrected chi connectivity index (χ1v) is 10.3. The molecule has 0 fully saturated rings. The van der Waals surface area contributed by atoms with Gasteiger partial charge in [-0.05, 0) is 62.7 Å². The van der Waals surface area contributed by atoms with E-state index >= 15 is 0 Å². The molecule has 3 aromatic rings. The minimum absolute atomic E-state index is 0.0475. The summed E-state index contributed by atoms with van der Waals surface area (Å²) in [7, 11) is 1.52. The Hall–Kier alpha value is -2.31. The molecule has 152 valence electrons. The molecule has 0 N–H and O–H groups in total. The molecule has 0 bridgehead atoms. The van der Waals surface area contributed by atoms with Gasteiger partial charge in [0.05, 0.1) is 30.2 Å². The van der Waals surface area contributed by atoms with Crippen molar-refractivity contribution in [2.45, 2.75) is 33.3 Å². The molecule has 0 aliphatic heterocycles. The van der Waals surface area contributed by atoms with E-state index in [0.29, 0.717) is 33.1 Å². The molecule has 2 aromatic carbocycles. The van der Waals surface area contributed by atoms with E-state index in [9.17, 15) is 9.59 Å². The van der Waals surface area contributed by atoms with Crippen LogP contribution in [0.4, 0.5) is 0 Å². The number of hydrogen-bond acceptors (Lipinski definition) is 4. The van der Waals surface area contributed by atoms with Crippen LogP contribution in [0.5, 0.6) is 5.75 Å². The summed E-state index contributed by atoms with van der Waals surface area (Å²) in [5, 5.41) is 1.12. The number of aromatic nitrogens is 1. The van der Waals surface area contributed by atoms with Gasteiger partial charge >= 0.3 is 5.97 Å². The Balaban J connectivity index is 2.20. The molecule has 0 atom stereocenters. The maximum Gasteiger partial charge on any atom is 0.310 e. The largest absolute Gasteiger partial charge is 0.495 e. The van der Waals surface area contributed by atoms with Crippen LogP contribution < -0.4 is 4.74 Å². The lowest BCUT2D eigenvalue weighted by atomic mass is 10.1. The topological polar surface area (TPSA) is 57.5 Å². The van der Waals surface area contributed by atoms with Crippen LogP contribution in [0.15, 0.2) is 40.9 Å². The second-order valence-corrected chi connectivity index (χ2v) is 8.25. The van der Waals surface area contributed by atoms with E-state index in [1.165, 1.54) is 7.11 Å². The summed E-state index contributed by atoms with van der Waals surface area (Å²) in [6, 6.07) is 10.6. The molecule has 0 radical (unpaired) electrons. The SMILES string of the molecule is COc1cc2c(CC(=O)OC(C)C)c(C)n(C(=O)c3ccc(Br)cc3)c2cc1Cl. The first kappa shape index (κ1) is 21.4. The van der Waals surface area contributed by atoms with Crippen LogP contribution in [0.25, 0.3) is 10.9 Å². The highest BCUT2D eigenvalue weighted by Gasteiger charge is 2.23. The zero-order chi connectivity index (χ0) is 21.3. The number of methoxy groups -OCH3 is 1. The van der Waals surface area contributed by atoms with Crippen molar-refractivity contribution >= 4 is 50.3 Å². The van der Waals surface area contributed by atoms with Gasteiger partial charge < -0.3 is 9.47 Å². The molecule has 1 aromatic heterocycles. The fraction of sp³-hybridized carbons (Fsp3) is 0.273. The van der Waals surface area contributed by atoms with Gasteiger partial charge in [0.15, 0.2) is 0 Å². The summed E-state index contributed by atoms with van der Waals surface area (Å²) in [5.74, 6) is -0.0808. The van der Waals surface area contributed by atoms with E-state index in [0.717, 1.165) is 9.86 Å². The molecule has 3 rings (SSSR count). The van der Waals surface area contributed by atoms with Gasteiger partial charge in [-0.25, -0.2) is 0 Å². The van der Waals surface area contributed by atoms with Crippen molar-refractivity contribution in [1.29, 1.82) is 0 Å². The number of carbonyl (C=O) groups excluding carboxylic acids is 2. The molecule has 0 aliphatic carbocycles. The van der Waals surface area contributed by atoms with Crippen molar-refractivity contribution in [3.8, 4) is 5.75 Å². The highest BCUT2D eigenvalue weighted by molar-refractivity contribution is 9.10. The van der Waals surface area contributed by atoms with Crippen molar-refractivity contribution in [2.75, 3.05) is 7.11 Å². The van der Waals surface area contributed by atoms with Crippen LogP contribution in [0, 0.1) is 6.92 Å². The number of esters is 1. The van der Waals surface area contributed by atoms with Crippen LogP contribution in [-0.4, -0.2) is 29.7 Å². The predicted molar refractivity (Wildman–Crippen MR) is 117 cm³/mol. The number of hydrogen-bond donors (Lipinski definition) is 0. The minimum atomic E-state index is -0.354. The molecule has 0 saturated carbocycles. The number of fused-ring (bicyclic) bond motifs is 1. The summed E-state index contributed by atoms with van der Waals surface area (Å²) < 4.78 is 13.1. The second-order valence-electron chi connectivity index (χ2n) is 6.93. The quantitative estimate of drug-likeness (QED) is 0.451. The van der Waals surface area contributed by atoms with Gasteiger partial charge in [-0.15, -0.1) is 0 Å². The Labute approximate surface area is 182 Å². The molecule has 0 amide bonds. The van der Waals surface area contributed by atoms with Crippen LogP contribution >= 0.6 is 27.5 Å². The summed E-state index contributed by atoms with van der Waals surface area (Å²) in [6.45, 7) is 5.41. The first-order chi connectivity index (χ1) is 13.7. The van der Waals surface area contributed by atoms with Gasteiger partial charge in [-0.1, -0.05) is 27.5 Å². The number of rotatable bonds is 5. The van der Waals surface area contributed by atoms with Crippen LogP contribution in [0.1, 0.15) is 35.5 Å². The molecule has 0 aliphatic rings. The van der Waals surface area contributed by atoms with E-state index in [2.05, 4.69) is 15.9 Å². The van der Waals surface area contributed by atoms with E-state index < -0.39 is 0 Å². The van der Waals surface area contributed by atoms with Crippen molar-refractivity contribution in [3.05, 3.63) is 62.7 Å². The zero-order valence-electron chi connectivity index (χ0n) is 16.6. The van der Waals surface area contributed by atoms with E-state index in [1.54, 1.807) is 42.7 Å². The Morgan fingerprint density at radius 1 is 1.17 bits per heavy atom. The molecule has 29 heavy (non-hydrogen) atoms. The third kappa shape index (κ3) is 4.33. The summed E-state index contributed by atoms with van der Waals surface area (Å²) in [6.07, 6.45) is -0.170. The van der Waals surface area contributed by atoms with Gasteiger partial charge in [0.2, 0.25) is 0 Å². The van der Waals surface area contributed by atoms with Crippen molar-refractivity contribution in [1.82, 2.24) is 4.57 Å². The third-order valence-corrected chi connectivity index (χ3v) is 5.41. The smallest absolute Gasteiger partial charge is 0.310 e. The maximum atomic E-state index is 13.3. The molecule has 0 unspecified atom stereocenters. The standard InChI is InChI=1S/C22H21BrClNO4/c1-12(2)29-21(26)10-16-13(3)25(22(27)14-5-7-15(23)8-6-14)19-11-18(24)20(28-4)9-17(16)19/h5-9,11-12H,10H2,1-4H3.